The zero-order valence-corrected chi connectivity index (χ0v) is 17.5. The van der Waals surface area contributed by atoms with Crippen molar-refractivity contribution in [2.45, 2.75) is 30.6 Å². The highest BCUT2D eigenvalue weighted by molar-refractivity contribution is 7.99. The molecule has 1 aromatic heterocycles. The van der Waals surface area contributed by atoms with Crippen molar-refractivity contribution in [3.05, 3.63) is 46.3 Å². The molecule has 1 N–H and O–H groups in total. The highest BCUT2D eigenvalue weighted by Gasteiger charge is 2.16. The lowest BCUT2D eigenvalue weighted by molar-refractivity contribution is 0.0957. The topological polar surface area (TPSA) is 61.8 Å². The lowest BCUT2D eigenvalue weighted by Gasteiger charge is -2.25. The van der Waals surface area contributed by atoms with E-state index in [9.17, 15) is 9.59 Å². The molecule has 0 saturated carbocycles. The van der Waals surface area contributed by atoms with Gasteiger partial charge >= 0.3 is 0 Å². The first-order valence-corrected chi connectivity index (χ1v) is 11.3. The summed E-state index contributed by atoms with van der Waals surface area (Å²) in [5.41, 5.74) is 1.74. The summed E-state index contributed by atoms with van der Waals surface area (Å²) in [6.07, 6.45) is 5.41. The van der Waals surface area contributed by atoms with Gasteiger partial charge in [0, 0.05) is 22.9 Å². The number of hydrogen-bond donors (Lipinski definition) is 1. The van der Waals surface area contributed by atoms with Gasteiger partial charge in [0.05, 0.1) is 4.88 Å². The molecule has 1 fully saturated rings. The SMILES string of the molecule is C=Nc1sc(C(=O)NCCc2ccc(C=O)cc2)cc1SCN1CCCCC1. The number of benzene rings is 1. The van der Waals surface area contributed by atoms with Gasteiger partial charge in [0.2, 0.25) is 0 Å². The molecule has 0 bridgehead atoms. The van der Waals surface area contributed by atoms with Crippen LogP contribution in [0.15, 0.2) is 40.2 Å². The zero-order valence-electron chi connectivity index (χ0n) is 15.9. The molecule has 0 radical (unpaired) electrons. The van der Waals surface area contributed by atoms with E-state index in [0.717, 1.165) is 47.1 Å². The molecular formula is C21H25N3O2S2. The molecule has 0 spiro atoms. The molecule has 2 aromatic rings. The van der Waals surface area contributed by atoms with Crippen molar-refractivity contribution < 1.29 is 9.59 Å². The molecular weight excluding hydrogens is 390 g/mol. The van der Waals surface area contributed by atoms with Crippen LogP contribution in [0, 0.1) is 0 Å². The fourth-order valence-corrected chi connectivity index (χ4v) is 5.23. The second-order valence-corrected chi connectivity index (χ2v) is 8.77. The van der Waals surface area contributed by atoms with Crippen LogP contribution in [0.3, 0.4) is 0 Å². The third-order valence-corrected chi connectivity index (χ3v) is 7.02. The number of amides is 1. The number of thiophene rings is 1. The Hall–Kier alpha value is -1.96. The minimum absolute atomic E-state index is 0.0794. The van der Waals surface area contributed by atoms with E-state index in [0.29, 0.717) is 17.0 Å². The van der Waals surface area contributed by atoms with Gasteiger partial charge in [-0.15, -0.1) is 23.1 Å². The molecule has 0 unspecified atom stereocenters. The smallest absolute Gasteiger partial charge is 0.261 e. The van der Waals surface area contributed by atoms with Gasteiger partial charge in [-0.1, -0.05) is 30.7 Å². The summed E-state index contributed by atoms with van der Waals surface area (Å²) in [5, 5.41) is 3.78. The fraction of sp³-hybridized carbons (Fsp3) is 0.381. The predicted octanol–water partition coefficient (Wildman–Crippen LogP) is 4.40. The van der Waals surface area contributed by atoms with Crippen molar-refractivity contribution in [1.82, 2.24) is 10.2 Å². The highest BCUT2D eigenvalue weighted by Crippen LogP contribution is 2.38. The maximum atomic E-state index is 12.5. The van der Waals surface area contributed by atoms with E-state index in [2.05, 4.69) is 21.9 Å². The number of hydrogen-bond acceptors (Lipinski definition) is 6. The van der Waals surface area contributed by atoms with E-state index in [-0.39, 0.29) is 5.91 Å². The van der Waals surface area contributed by atoms with Crippen LogP contribution in [0.1, 0.15) is 44.9 Å². The summed E-state index contributed by atoms with van der Waals surface area (Å²) < 4.78 is 0. The third kappa shape index (κ3) is 5.77. The number of thioether (sulfide) groups is 1. The zero-order chi connectivity index (χ0) is 19.8. The lowest BCUT2D eigenvalue weighted by Crippen LogP contribution is -2.29. The van der Waals surface area contributed by atoms with E-state index in [1.807, 2.05) is 18.2 Å². The number of aldehydes is 1. The number of nitrogens with one attached hydrogen (secondary N) is 1. The predicted molar refractivity (Wildman–Crippen MR) is 118 cm³/mol. The van der Waals surface area contributed by atoms with Crippen molar-refractivity contribution in [3.8, 4) is 0 Å². The molecule has 0 atom stereocenters. The van der Waals surface area contributed by atoms with Gasteiger partial charge in [-0.2, -0.15) is 0 Å². The summed E-state index contributed by atoms with van der Waals surface area (Å²) in [5.74, 6) is 0.848. The van der Waals surface area contributed by atoms with Crippen LogP contribution in [0.25, 0.3) is 0 Å². The monoisotopic (exact) mass is 415 g/mol. The van der Waals surface area contributed by atoms with Crippen molar-refractivity contribution in [2.75, 3.05) is 25.5 Å². The van der Waals surface area contributed by atoms with Gasteiger partial charge in [0.1, 0.15) is 11.3 Å². The second-order valence-electron chi connectivity index (χ2n) is 6.76. The first-order valence-electron chi connectivity index (χ1n) is 9.47. The van der Waals surface area contributed by atoms with E-state index in [4.69, 9.17) is 0 Å². The number of carbonyl (C=O) groups is 2. The van der Waals surface area contributed by atoms with Crippen molar-refractivity contribution in [2.24, 2.45) is 4.99 Å². The molecule has 1 aliphatic rings. The minimum Gasteiger partial charge on any atom is -0.351 e. The Morgan fingerprint density at radius 3 is 2.68 bits per heavy atom. The Bertz CT molecular complexity index is 812. The van der Waals surface area contributed by atoms with Gasteiger partial charge < -0.3 is 5.32 Å². The molecule has 1 amide bonds. The number of carbonyl (C=O) groups excluding carboxylic acids is 2. The molecule has 28 heavy (non-hydrogen) atoms. The summed E-state index contributed by atoms with van der Waals surface area (Å²) in [6, 6.07) is 9.33. The third-order valence-electron chi connectivity index (χ3n) is 4.71. The molecule has 2 heterocycles. The summed E-state index contributed by atoms with van der Waals surface area (Å²) in [6.45, 7) is 6.49. The molecule has 7 heteroatoms. The number of rotatable bonds is 9. The Kier molecular flexibility index (Phi) is 7.82. The highest BCUT2D eigenvalue weighted by atomic mass is 32.2. The number of nitrogens with zero attached hydrogens (tertiary/aromatic N) is 2. The van der Waals surface area contributed by atoms with Crippen LogP contribution < -0.4 is 5.32 Å². The van der Waals surface area contributed by atoms with E-state index >= 15 is 0 Å². The molecule has 0 aliphatic carbocycles. The van der Waals surface area contributed by atoms with E-state index in [1.54, 1.807) is 23.9 Å². The molecule has 1 aromatic carbocycles. The van der Waals surface area contributed by atoms with Crippen molar-refractivity contribution >= 4 is 47.0 Å². The minimum atomic E-state index is -0.0794. The van der Waals surface area contributed by atoms with Crippen LogP contribution in [0.2, 0.25) is 0 Å². The number of aliphatic imine (C=N–C) groups is 1. The van der Waals surface area contributed by atoms with Gasteiger partial charge in [-0.25, -0.2) is 0 Å². The fourth-order valence-electron chi connectivity index (χ4n) is 3.11. The average Bonchev–Trinajstić information content (AvgIpc) is 3.17. The molecule has 148 valence electrons. The van der Waals surface area contributed by atoms with Gasteiger partial charge in [0.15, 0.2) is 0 Å². The maximum Gasteiger partial charge on any atom is 0.261 e. The van der Waals surface area contributed by atoms with Gasteiger partial charge in [0.25, 0.3) is 5.91 Å². The van der Waals surface area contributed by atoms with Crippen LogP contribution in [0.5, 0.6) is 0 Å². The quantitative estimate of drug-likeness (QED) is 0.375. The normalized spacial score (nSPS) is 14.6. The molecule has 1 saturated heterocycles. The Balaban J connectivity index is 1.51. The molecule has 5 nitrogen and oxygen atoms in total. The molecule has 1 aliphatic heterocycles. The van der Waals surface area contributed by atoms with Crippen LogP contribution in [0.4, 0.5) is 5.00 Å². The van der Waals surface area contributed by atoms with Crippen LogP contribution in [-0.2, 0) is 6.42 Å². The Labute approximate surface area is 174 Å². The summed E-state index contributed by atoms with van der Waals surface area (Å²) in [4.78, 5) is 31.4. The van der Waals surface area contributed by atoms with Crippen LogP contribution in [-0.4, -0.2) is 49.3 Å². The summed E-state index contributed by atoms with van der Waals surface area (Å²) >= 11 is 3.12. The molecule has 3 rings (SSSR count). The average molecular weight is 416 g/mol. The first kappa shape index (κ1) is 20.8. The first-order chi connectivity index (χ1) is 13.7. The lowest BCUT2D eigenvalue weighted by atomic mass is 10.1. The Morgan fingerprint density at radius 1 is 1.25 bits per heavy atom. The standard InChI is InChI=1S/C21H25N3O2S2/c1-22-21-19(27-15-24-11-3-2-4-12-24)13-18(28-21)20(26)23-10-9-16-5-7-17(14-25)8-6-16/h5-8,13-14H,1-4,9-12,15H2,(H,23,26). The largest absolute Gasteiger partial charge is 0.351 e. The van der Waals surface area contributed by atoms with Crippen LogP contribution >= 0.6 is 23.1 Å². The second kappa shape index (κ2) is 10.5. The number of piperidine rings is 1. The van der Waals surface area contributed by atoms with E-state index < -0.39 is 0 Å². The van der Waals surface area contributed by atoms with Crippen molar-refractivity contribution in [3.63, 3.8) is 0 Å². The van der Waals surface area contributed by atoms with E-state index in [1.165, 1.54) is 30.6 Å². The maximum absolute atomic E-state index is 12.5. The van der Waals surface area contributed by atoms with Gasteiger partial charge in [-0.05, 0) is 50.7 Å². The summed E-state index contributed by atoms with van der Waals surface area (Å²) in [7, 11) is 0. The van der Waals surface area contributed by atoms with Gasteiger partial charge in [-0.3, -0.25) is 19.5 Å². The Morgan fingerprint density at radius 2 is 2.00 bits per heavy atom. The number of likely N-dealkylation sites (tertiary alicyclic amines) is 1. The van der Waals surface area contributed by atoms with Crippen molar-refractivity contribution in [1.29, 1.82) is 0 Å².